The third-order valence-electron chi connectivity index (χ3n) is 1.94. The van der Waals surface area contributed by atoms with Crippen molar-refractivity contribution in [2.45, 2.75) is 50.1 Å². The Morgan fingerprint density at radius 2 is 1.84 bits per heavy atom. The Labute approximate surface area is 115 Å². The first kappa shape index (κ1) is 16.1. The largest absolute Gasteiger partial charge is 0.433 e. The predicted octanol–water partition coefficient (Wildman–Crippen LogP) is 4.21. The summed E-state index contributed by atoms with van der Waals surface area (Å²) in [5, 5.41) is 3.12. The Kier molecular flexibility index (Phi) is 5.06. The molecule has 0 atom stereocenters. The molecule has 0 aliphatic heterocycles. The zero-order valence-corrected chi connectivity index (χ0v) is 12.2. The van der Waals surface area contributed by atoms with Crippen LogP contribution < -0.4 is 5.32 Å². The fraction of sp³-hybridized carbons (Fsp3) is 0.667. The van der Waals surface area contributed by atoms with Crippen LogP contribution in [0.25, 0.3) is 0 Å². The Bertz CT molecular complexity index is 427. The van der Waals surface area contributed by atoms with Crippen LogP contribution in [0.1, 0.15) is 39.8 Å². The van der Waals surface area contributed by atoms with Crippen LogP contribution in [0.3, 0.4) is 0 Å². The minimum Gasteiger partial charge on any atom is -0.354 e. The number of nitrogens with zero attached hydrogens (tertiary/aromatic N) is 2. The number of alkyl halides is 3. The van der Waals surface area contributed by atoms with E-state index >= 15 is 0 Å². The number of anilines is 1. The van der Waals surface area contributed by atoms with Crippen LogP contribution in [0.2, 0.25) is 0 Å². The molecule has 0 aliphatic rings. The van der Waals surface area contributed by atoms with Crippen LogP contribution in [0.4, 0.5) is 19.1 Å². The molecule has 0 aromatic carbocycles. The van der Waals surface area contributed by atoms with Crippen molar-refractivity contribution in [3.8, 4) is 0 Å². The van der Waals surface area contributed by atoms with Crippen molar-refractivity contribution >= 4 is 17.7 Å². The van der Waals surface area contributed by atoms with Gasteiger partial charge in [0.05, 0.1) is 0 Å². The molecule has 0 spiro atoms. The van der Waals surface area contributed by atoms with Crippen molar-refractivity contribution in [1.29, 1.82) is 0 Å². The summed E-state index contributed by atoms with van der Waals surface area (Å²) in [5.41, 5.74) is -0.909. The average molecular weight is 293 g/mol. The lowest BCUT2D eigenvalue weighted by molar-refractivity contribution is -0.141. The van der Waals surface area contributed by atoms with E-state index in [9.17, 15) is 13.2 Å². The molecule has 1 N–H and O–H groups in total. The van der Waals surface area contributed by atoms with Gasteiger partial charge in [-0.2, -0.15) is 13.2 Å². The van der Waals surface area contributed by atoms with Crippen LogP contribution in [0.15, 0.2) is 11.1 Å². The van der Waals surface area contributed by atoms with Crippen LogP contribution in [-0.2, 0) is 6.18 Å². The summed E-state index contributed by atoms with van der Waals surface area (Å²) in [5.74, 6) is 0.0309. The molecule has 1 aromatic heterocycles. The molecule has 1 rings (SSSR count). The smallest absolute Gasteiger partial charge is 0.354 e. The van der Waals surface area contributed by atoms with E-state index in [1.165, 1.54) is 11.8 Å². The number of hydrogen-bond donors (Lipinski definition) is 1. The van der Waals surface area contributed by atoms with E-state index in [0.29, 0.717) is 11.6 Å². The Morgan fingerprint density at radius 1 is 1.21 bits per heavy atom. The van der Waals surface area contributed by atoms with Gasteiger partial charge in [0.2, 0.25) is 5.95 Å². The van der Waals surface area contributed by atoms with Crippen molar-refractivity contribution in [2.24, 2.45) is 0 Å². The molecule has 0 fully saturated rings. The fourth-order valence-corrected chi connectivity index (χ4v) is 2.18. The molecule has 0 aliphatic carbocycles. The molecule has 1 heterocycles. The van der Waals surface area contributed by atoms with Crippen molar-refractivity contribution in [3.63, 3.8) is 0 Å². The van der Waals surface area contributed by atoms with Gasteiger partial charge in [0.15, 0.2) is 5.69 Å². The van der Waals surface area contributed by atoms with Gasteiger partial charge in [-0.1, -0.05) is 27.7 Å². The number of aromatic nitrogens is 2. The molecule has 7 heteroatoms. The molecule has 0 unspecified atom stereocenters. The van der Waals surface area contributed by atoms with Gasteiger partial charge >= 0.3 is 6.18 Å². The molecular formula is C12H18F3N3S. The minimum absolute atomic E-state index is 0.0309. The minimum atomic E-state index is -4.46. The quantitative estimate of drug-likeness (QED) is 0.666. The van der Waals surface area contributed by atoms with E-state index in [4.69, 9.17) is 0 Å². The molecule has 108 valence electrons. The highest BCUT2D eigenvalue weighted by Gasteiger charge is 2.34. The van der Waals surface area contributed by atoms with Gasteiger partial charge in [-0.25, -0.2) is 9.97 Å². The summed E-state index contributed by atoms with van der Waals surface area (Å²) >= 11 is 1.29. The van der Waals surface area contributed by atoms with Gasteiger partial charge in [0, 0.05) is 17.4 Å². The van der Waals surface area contributed by atoms with Crippen LogP contribution in [-0.4, -0.2) is 21.3 Å². The van der Waals surface area contributed by atoms with Crippen molar-refractivity contribution in [3.05, 3.63) is 11.8 Å². The van der Waals surface area contributed by atoms with Gasteiger partial charge in [-0.3, -0.25) is 0 Å². The van der Waals surface area contributed by atoms with E-state index in [1.54, 1.807) is 0 Å². The normalized spacial score (nSPS) is 12.6. The first-order valence-electron chi connectivity index (χ1n) is 6.01. The van der Waals surface area contributed by atoms with Crippen molar-refractivity contribution in [1.82, 2.24) is 9.97 Å². The molecule has 0 saturated carbocycles. The summed E-state index contributed by atoms with van der Waals surface area (Å²) in [7, 11) is 0. The third-order valence-corrected chi connectivity index (χ3v) is 2.97. The van der Waals surface area contributed by atoms with E-state index in [-0.39, 0.29) is 10.7 Å². The monoisotopic (exact) mass is 293 g/mol. The average Bonchev–Trinajstić information content (AvgIpc) is 2.22. The zero-order chi connectivity index (χ0) is 14.7. The molecule has 19 heavy (non-hydrogen) atoms. The summed E-state index contributed by atoms with van der Waals surface area (Å²) in [6.45, 7) is 8.23. The van der Waals surface area contributed by atoms with Gasteiger partial charge in [0.1, 0.15) is 5.03 Å². The molecule has 0 amide bonds. The van der Waals surface area contributed by atoms with Gasteiger partial charge in [0.25, 0.3) is 0 Å². The van der Waals surface area contributed by atoms with Crippen LogP contribution in [0, 0.1) is 0 Å². The van der Waals surface area contributed by atoms with Crippen molar-refractivity contribution in [2.75, 3.05) is 11.9 Å². The summed E-state index contributed by atoms with van der Waals surface area (Å²) in [4.78, 5) is 7.62. The van der Waals surface area contributed by atoms with E-state index in [2.05, 4.69) is 15.3 Å². The molecule has 0 saturated heterocycles. The van der Waals surface area contributed by atoms with Crippen molar-refractivity contribution < 1.29 is 13.2 Å². The molecular weight excluding hydrogens is 275 g/mol. The highest BCUT2D eigenvalue weighted by molar-refractivity contribution is 8.00. The fourth-order valence-electron chi connectivity index (χ4n) is 1.25. The van der Waals surface area contributed by atoms with E-state index in [1.807, 2.05) is 27.7 Å². The number of halogens is 3. The second kappa shape index (κ2) is 5.98. The molecule has 3 nitrogen and oxygen atoms in total. The maximum absolute atomic E-state index is 12.8. The standard InChI is InChI=1S/C12H18F3N3S/c1-5-6-16-10-17-8(12(13,14)15)7-9(18-10)19-11(2,3)4/h7H,5-6H2,1-4H3,(H,16,17,18). The molecule has 1 aromatic rings. The lowest BCUT2D eigenvalue weighted by Crippen LogP contribution is -2.14. The lowest BCUT2D eigenvalue weighted by atomic mass is 10.3. The number of hydrogen-bond acceptors (Lipinski definition) is 4. The van der Waals surface area contributed by atoms with E-state index in [0.717, 1.165) is 12.5 Å². The van der Waals surface area contributed by atoms with Gasteiger partial charge in [-0.15, -0.1) is 11.8 Å². The first-order valence-corrected chi connectivity index (χ1v) is 6.82. The second-order valence-corrected chi connectivity index (χ2v) is 6.90. The summed E-state index contributed by atoms with van der Waals surface area (Å²) in [6, 6.07) is 0.993. The van der Waals surface area contributed by atoms with Crippen LogP contribution >= 0.6 is 11.8 Å². The SMILES string of the molecule is CCCNc1nc(SC(C)(C)C)cc(C(F)(F)F)n1. The number of thioether (sulfide) groups is 1. The molecule has 0 radical (unpaired) electrons. The topological polar surface area (TPSA) is 37.8 Å². The van der Waals surface area contributed by atoms with E-state index < -0.39 is 11.9 Å². The van der Waals surface area contributed by atoms with Gasteiger partial charge < -0.3 is 5.32 Å². The summed E-state index contributed by atoms with van der Waals surface area (Å²) in [6.07, 6.45) is -3.67. The molecule has 0 bridgehead atoms. The van der Waals surface area contributed by atoms with Crippen LogP contribution in [0.5, 0.6) is 0 Å². The maximum Gasteiger partial charge on any atom is 0.433 e. The predicted molar refractivity (Wildman–Crippen MR) is 71.4 cm³/mol. The maximum atomic E-state index is 12.8. The Morgan fingerprint density at radius 3 is 2.32 bits per heavy atom. The zero-order valence-electron chi connectivity index (χ0n) is 11.4. The number of rotatable bonds is 4. The van der Waals surface area contributed by atoms with Gasteiger partial charge in [-0.05, 0) is 6.42 Å². The highest BCUT2D eigenvalue weighted by Crippen LogP contribution is 2.35. The third kappa shape index (κ3) is 5.67. The Hall–Kier alpha value is -0.980. The number of nitrogens with one attached hydrogen (secondary N) is 1. The lowest BCUT2D eigenvalue weighted by Gasteiger charge is -2.18. The first-order chi connectivity index (χ1) is 8.62. The highest BCUT2D eigenvalue weighted by atomic mass is 32.2. The summed E-state index contributed by atoms with van der Waals surface area (Å²) < 4.78 is 38.1. The second-order valence-electron chi connectivity index (χ2n) is 5.05. The Balaban J connectivity index is 3.09.